The minimum absolute atomic E-state index is 0.0596. The van der Waals surface area contributed by atoms with Crippen molar-refractivity contribution in [1.29, 1.82) is 0 Å². The molecule has 4 fully saturated rings. The maximum Gasteiger partial charge on any atom is 0.313 e. The van der Waals surface area contributed by atoms with Crippen LogP contribution in [0.15, 0.2) is 55.6 Å². The summed E-state index contributed by atoms with van der Waals surface area (Å²) in [6.07, 6.45) is 3.67. The Morgan fingerprint density at radius 2 is 1.88 bits per heavy atom. The number of rotatable bonds is 16. The predicted octanol–water partition coefficient (Wildman–Crippen LogP) is 1.80. The highest BCUT2D eigenvalue weighted by molar-refractivity contribution is 5.98. The first-order valence-electron chi connectivity index (χ1n) is 17.1. The number of aliphatic hydroxyl groups is 1. The number of carbonyl (C=O) groups is 4. The van der Waals surface area contributed by atoms with Crippen LogP contribution in [-0.4, -0.2) is 138 Å². The molecule has 0 aliphatic carbocycles. The Morgan fingerprint density at radius 1 is 1.15 bits per heavy atom. The minimum Gasteiger partial charge on any atom is -0.455 e. The van der Waals surface area contributed by atoms with Gasteiger partial charge in [0.25, 0.3) is 0 Å². The maximum atomic E-state index is 14.4. The average molecular weight is 667 g/mol. The number of carbonyl (C=O) groups excluding carboxylic acids is 4. The van der Waals surface area contributed by atoms with Crippen LogP contribution in [0.5, 0.6) is 0 Å². The summed E-state index contributed by atoms with van der Waals surface area (Å²) in [5.74, 6) is -3.25. The molecule has 0 unspecified atom stereocenters. The summed E-state index contributed by atoms with van der Waals surface area (Å²) >= 11 is 0. The van der Waals surface area contributed by atoms with Gasteiger partial charge in [0.15, 0.2) is 0 Å². The van der Waals surface area contributed by atoms with E-state index in [1.54, 1.807) is 29.0 Å². The van der Waals surface area contributed by atoms with E-state index < -0.39 is 47.7 Å². The Balaban J connectivity index is 1.40. The number of allylic oxidation sites excluding steroid dienone is 1. The summed E-state index contributed by atoms with van der Waals surface area (Å²) in [7, 11) is 1.69. The van der Waals surface area contributed by atoms with E-state index in [0.717, 1.165) is 13.1 Å². The molecular formula is C36H50N4O8. The standard InChI is InChI=1S/C36H50N4O8/c1-5-7-13-28(42)37(4)25(3)31(26-11-9-8-10-12-26)47-35(45)29-27-14-15-36(48-27)30(29)33(43)40(19-22-41)32(36)34(44)39(16-6-2)18-17-38-20-23-46-24-21-38/h5-6,8-12,25,27,29-32,41H,1-2,7,13-24H2,3-4H3/t25-,27-,29+,30+,31+,32-,36+/m0/s1. The Labute approximate surface area is 283 Å². The number of hydrogen-bond donors (Lipinski definition) is 1. The normalized spacial score (nSPS) is 27.6. The van der Waals surface area contributed by atoms with E-state index in [9.17, 15) is 24.3 Å². The molecule has 4 aliphatic rings. The lowest BCUT2D eigenvalue weighted by molar-refractivity contribution is -0.164. The van der Waals surface area contributed by atoms with Crippen LogP contribution in [0, 0.1) is 11.8 Å². The first-order valence-corrected chi connectivity index (χ1v) is 17.1. The molecule has 4 heterocycles. The molecule has 0 saturated carbocycles. The van der Waals surface area contributed by atoms with Crippen LogP contribution in [0.25, 0.3) is 0 Å². The second-order valence-corrected chi connectivity index (χ2v) is 13.2. The third-order valence-corrected chi connectivity index (χ3v) is 10.5. The molecule has 12 nitrogen and oxygen atoms in total. The molecule has 5 rings (SSSR count). The molecule has 1 spiro atoms. The number of hydrogen-bond acceptors (Lipinski definition) is 9. The van der Waals surface area contributed by atoms with Crippen LogP contribution in [0.2, 0.25) is 0 Å². The highest BCUT2D eigenvalue weighted by Crippen LogP contribution is 2.59. The Morgan fingerprint density at radius 3 is 2.54 bits per heavy atom. The third kappa shape index (κ3) is 6.94. The van der Waals surface area contributed by atoms with Crippen molar-refractivity contribution in [3.05, 3.63) is 61.2 Å². The zero-order valence-corrected chi connectivity index (χ0v) is 28.2. The summed E-state index contributed by atoms with van der Waals surface area (Å²) in [5, 5.41) is 10.00. The monoisotopic (exact) mass is 666 g/mol. The van der Waals surface area contributed by atoms with E-state index in [2.05, 4.69) is 18.1 Å². The number of likely N-dealkylation sites (N-methyl/N-ethyl adjacent to an activating group) is 1. The fourth-order valence-electron chi connectivity index (χ4n) is 7.88. The number of amides is 3. The van der Waals surface area contributed by atoms with Crippen LogP contribution in [0.3, 0.4) is 0 Å². The van der Waals surface area contributed by atoms with Crippen LogP contribution >= 0.6 is 0 Å². The summed E-state index contributed by atoms with van der Waals surface area (Å²) < 4.78 is 18.3. The molecule has 1 aromatic rings. The van der Waals surface area contributed by atoms with Gasteiger partial charge in [-0.1, -0.05) is 42.5 Å². The van der Waals surface area contributed by atoms with E-state index in [0.29, 0.717) is 51.1 Å². The van der Waals surface area contributed by atoms with Gasteiger partial charge in [-0.15, -0.1) is 13.2 Å². The zero-order chi connectivity index (χ0) is 34.4. The molecule has 7 atom stereocenters. The smallest absolute Gasteiger partial charge is 0.313 e. The zero-order valence-electron chi connectivity index (χ0n) is 28.2. The van der Waals surface area contributed by atoms with Gasteiger partial charge in [-0.3, -0.25) is 24.1 Å². The van der Waals surface area contributed by atoms with Gasteiger partial charge in [-0.2, -0.15) is 0 Å². The lowest BCUT2D eigenvalue weighted by atomic mass is 9.70. The Hall–Kier alpha value is -3.58. The number of β-amino-alcohol motifs (C(OH)–C–C–N with tert-alkyl or cyclic N) is 1. The quantitative estimate of drug-likeness (QED) is 0.208. The van der Waals surface area contributed by atoms with Crippen molar-refractivity contribution in [2.24, 2.45) is 11.8 Å². The van der Waals surface area contributed by atoms with E-state index in [4.69, 9.17) is 14.2 Å². The fourth-order valence-corrected chi connectivity index (χ4v) is 7.88. The molecule has 0 aromatic heterocycles. The first-order chi connectivity index (χ1) is 23.2. The van der Waals surface area contributed by atoms with Crippen molar-refractivity contribution < 1.29 is 38.5 Å². The Bertz CT molecular complexity index is 1340. The van der Waals surface area contributed by atoms with E-state index in [-0.39, 0.29) is 43.8 Å². The van der Waals surface area contributed by atoms with Crippen LogP contribution < -0.4 is 0 Å². The number of fused-ring (bicyclic) bond motifs is 1. The van der Waals surface area contributed by atoms with E-state index in [1.807, 2.05) is 37.3 Å². The lowest BCUT2D eigenvalue weighted by Gasteiger charge is -2.37. The average Bonchev–Trinajstić information content (AvgIpc) is 3.75. The molecule has 1 aromatic carbocycles. The number of nitrogens with zero attached hydrogens (tertiary/aromatic N) is 4. The summed E-state index contributed by atoms with van der Waals surface area (Å²) in [4.78, 5) is 62.8. The predicted molar refractivity (Wildman–Crippen MR) is 177 cm³/mol. The van der Waals surface area contributed by atoms with Crippen molar-refractivity contribution in [2.75, 3.05) is 66.1 Å². The van der Waals surface area contributed by atoms with E-state index in [1.165, 1.54) is 4.90 Å². The van der Waals surface area contributed by atoms with Crippen LogP contribution in [0.4, 0.5) is 0 Å². The topological polar surface area (TPSA) is 129 Å². The Kier molecular flexibility index (Phi) is 11.7. The number of ether oxygens (including phenoxy) is 3. The summed E-state index contributed by atoms with van der Waals surface area (Å²) in [6, 6.07) is 7.73. The lowest BCUT2D eigenvalue weighted by Crippen LogP contribution is -2.57. The van der Waals surface area contributed by atoms with Crippen molar-refractivity contribution in [2.45, 2.75) is 62.5 Å². The molecule has 262 valence electrons. The molecule has 12 heteroatoms. The van der Waals surface area contributed by atoms with Crippen molar-refractivity contribution in [3.63, 3.8) is 0 Å². The second-order valence-electron chi connectivity index (χ2n) is 13.2. The van der Waals surface area contributed by atoms with Crippen molar-refractivity contribution >= 4 is 23.7 Å². The van der Waals surface area contributed by atoms with Crippen LogP contribution in [0.1, 0.15) is 44.3 Å². The number of morpholine rings is 1. The summed E-state index contributed by atoms with van der Waals surface area (Å²) in [5.41, 5.74) is -0.505. The van der Waals surface area contributed by atoms with Gasteiger partial charge in [0, 0.05) is 52.7 Å². The summed E-state index contributed by atoms with van der Waals surface area (Å²) in [6.45, 7) is 13.2. The molecule has 0 radical (unpaired) electrons. The molecule has 48 heavy (non-hydrogen) atoms. The van der Waals surface area contributed by atoms with Gasteiger partial charge in [-0.05, 0) is 31.7 Å². The van der Waals surface area contributed by atoms with E-state index >= 15 is 0 Å². The number of likely N-dealkylation sites (tertiary alicyclic amines) is 1. The van der Waals surface area contributed by atoms with Gasteiger partial charge < -0.3 is 34.0 Å². The van der Waals surface area contributed by atoms with Crippen molar-refractivity contribution in [1.82, 2.24) is 19.6 Å². The van der Waals surface area contributed by atoms with Gasteiger partial charge in [-0.25, -0.2) is 0 Å². The first kappa shape index (κ1) is 35.7. The molecule has 4 saturated heterocycles. The van der Waals surface area contributed by atoms with Gasteiger partial charge in [0.1, 0.15) is 17.7 Å². The number of aliphatic hydroxyl groups excluding tert-OH is 1. The third-order valence-electron chi connectivity index (χ3n) is 10.5. The SMILES string of the molecule is C=CCCC(=O)N(C)[C@@H](C)[C@@H](OC(=O)[C@@H]1[C@@H]2CC[C@]3(O2)[C@H](C(=O)N(CC=C)CCN2CCOCC2)N(CCO)C(=O)[C@@H]13)c1ccccc1. The molecule has 1 N–H and O–H groups in total. The highest BCUT2D eigenvalue weighted by Gasteiger charge is 2.75. The maximum absolute atomic E-state index is 14.4. The molecule has 3 amide bonds. The van der Waals surface area contributed by atoms with Gasteiger partial charge in [0.05, 0.1) is 43.8 Å². The number of benzene rings is 1. The molecule has 2 bridgehead atoms. The largest absolute Gasteiger partial charge is 0.455 e. The second kappa shape index (κ2) is 15.8. The molecule has 4 aliphatic heterocycles. The number of esters is 1. The van der Waals surface area contributed by atoms with Gasteiger partial charge in [0.2, 0.25) is 17.7 Å². The van der Waals surface area contributed by atoms with Crippen LogP contribution in [-0.2, 0) is 33.4 Å². The minimum atomic E-state index is -1.22. The molecular weight excluding hydrogens is 616 g/mol. The fraction of sp³-hybridized carbons (Fsp3) is 0.611. The van der Waals surface area contributed by atoms with Gasteiger partial charge >= 0.3 is 5.97 Å². The van der Waals surface area contributed by atoms with Crippen molar-refractivity contribution in [3.8, 4) is 0 Å². The highest BCUT2D eigenvalue weighted by atomic mass is 16.6.